The molecule has 32 heavy (non-hydrogen) atoms. The number of Topliss-reactive ketones (excluding diaryl/α,β-unsaturated/α-hetero) is 1. The molecule has 6 nitrogen and oxygen atoms in total. The van der Waals surface area contributed by atoms with E-state index in [9.17, 15) is 4.79 Å². The van der Waals surface area contributed by atoms with Crippen LogP contribution < -0.4 is 18.9 Å². The topological polar surface area (TPSA) is 66.9 Å². The van der Waals surface area contributed by atoms with Crippen LogP contribution in [0.4, 0.5) is 0 Å². The van der Waals surface area contributed by atoms with Crippen molar-refractivity contribution >= 4 is 28.3 Å². The minimum absolute atomic E-state index is 0.239. The average molecular weight is 454 g/mol. The van der Waals surface area contributed by atoms with Crippen LogP contribution in [0.2, 0.25) is 5.02 Å². The predicted molar refractivity (Wildman–Crippen MR) is 121 cm³/mol. The van der Waals surface area contributed by atoms with E-state index in [0.29, 0.717) is 76.6 Å². The molecular weight excluding hydrogens is 430 g/mol. The highest BCUT2D eigenvalue weighted by Gasteiger charge is 2.24. The normalized spacial score (nSPS) is 15.3. The minimum atomic E-state index is 0.239. The fourth-order valence-electron chi connectivity index (χ4n) is 4.18. The van der Waals surface area contributed by atoms with Gasteiger partial charge in [-0.2, -0.15) is 0 Å². The zero-order valence-corrected chi connectivity index (χ0v) is 18.6. The summed E-state index contributed by atoms with van der Waals surface area (Å²) in [5.41, 5.74) is 1.50. The van der Waals surface area contributed by atoms with Crippen molar-refractivity contribution < 1.29 is 23.7 Å². The Kier molecular flexibility index (Phi) is 5.79. The van der Waals surface area contributed by atoms with Gasteiger partial charge in [-0.3, -0.25) is 9.78 Å². The van der Waals surface area contributed by atoms with Gasteiger partial charge in [0, 0.05) is 30.1 Å². The molecule has 5 rings (SSSR count). The fraction of sp³-hybridized carbons (Fsp3) is 0.360. The van der Waals surface area contributed by atoms with Crippen LogP contribution in [0.1, 0.15) is 31.2 Å². The molecule has 1 aromatic heterocycles. The smallest absolute Gasteiger partial charge is 0.204 e. The Morgan fingerprint density at radius 1 is 1.12 bits per heavy atom. The number of carbonyl (C=O) groups is 1. The van der Waals surface area contributed by atoms with E-state index in [2.05, 4.69) is 4.98 Å². The van der Waals surface area contributed by atoms with Gasteiger partial charge < -0.3 is 18.9 Å². The first kappa shape index (κ1) is 20.9. The number of fused-ring (bicyclic) bond motifs is 3. The van der Waals surface area contributed by atoms with Crippen molar-refractivity contribution in [1.29, 1.82) is 0 Å². The summed E-state index contributed by atoms with van der Waals surface area (Å²) >= 11 is 6.49. The Bertz CT molecular complexity index is 1170. The first-order valence-electron chi connectivity index (χ1n) is 10.9. The number of hydrogen-bond acceptors (Lipinski definition) is 6. The number of rotatable bonds is 7. The van der Waals surface area contributed by atoms with Crippen molar-refractivity contribution in [1.82, 2.24) is 4.98 Å². The number of benzene rings is 2. The van der Waals surface area contributed by atoms with Crippen molar-refractivity contribution in [3.8, 4) is 28.7 Å². The molecule has 0 saturated heterocycles. The highest BCUT2D eigenvalue weighted by molar-refractivity contribution is 6.31. The molecule has 0 unspecified atom stereocenters. The largest absolute Gasteiger partial charge is 0.493 e. The first-order valence-corrected chi connectivity index (χ1v) is 11.2. The molecule has 0 spiro atoms. The van der Waals surface area contributed by atoms with Gasteiger partial charge in [-0.15, -0.1) is 0 Å². The van der Waals surface area contributed by atoms with Gasteiger partial charge in [0.05, 0.1) is 18.0 Å². The predicted octanol–water partition coefficient (Wildman–Crippen LogP) is 5.76. The summed E-state index contributed by atoms with van der Waals surface area (Å²) in [4.78, 5) is 16.8. The van der Waals surface area contributed by atoms with Gasteiger partial charge in [-0.1, -0.05) is 36.9 Å². The van der Waals surface area contributed by atoms with Crippen molar-refractivity contribution in [2.75, 3.05) is 20.3 Å². The number of hydrogen-bond donors (Lipinski definition) is 0. The van der Waals surface area contributed by atoms with E-state index in [1.165, 1.54) is 6.42 Å². The molecule has 0 bridgehead atoms. The summed E-state index contributed by atoms with van der Waals surface area (Å²) in [5.74, 6) is 3.60. The second kappa shape index (κ2) is 8.87. The van der Waals surface area contributed by atoms with E-state index < -0.39 is 0 Å². The fourth-order valence-corrected chi connectivity index (χ4v) is 4.41. The molecule has 2 aromatic carbocycles. The van der Waals surface area contributed by atoms with E-state index in [4.69, 9.17) is 30.5 Å². The Balaban J connectivity index is 1.42. The minimum Gasteiger partial charge on any atom is -0.493 e. The number of pyridine rings is 1. The third kappa shape index (κ3) is 4.07. The summed E-state index contributed by atoms with van der Waals surface area (Å²) in [7, 11) is 1.58. The van der Waals surface area contributed by atoms with Crippen molar-refractivity contribution in [2.24, 2.45) is 5.92 Å². The second-order valence-electron chi connectivity index (χ2n) is 8.21. The molecule has 3 aromatic rings. The lowest BCUT2D eigenvalue weighted by atomic mass is 9.81. The van der Waals surface area contributed by atoms with Gasteiger partial charge in [0.2, 0.25) is 5.75 Å². The molecular formula is C25H24ClNO5. The Labute approximate surface area is 191 Å². The molecule has 1 saturated carbocycles. The van der Waals surface area contributed by atoms with Gasteiger partial charge in [0.1, 0.15) is 30.5 Å². The molecule has 0 atom stereocenters. The van der Waals surface area contributed by atoms with E-state index in [1.54, 1.807) is 31.5 Å². The molecule has 0 amide bonds. The van der Waals surface area contributed by atoms with Crippen molar-refractivity contribution in [3.05, 3.63) is 47.1 Å². The van der Waals surface area contributed by atoms with Crippen LogP contribution in [0.15, 0.2) is 36.5 Å². The number of methoxy groups -OCH3 is 1. The SMILES string of the molecule is COc1cc2nccc(Oc3ccc(CC(=O)CC4CCC4)c(Cl)c3)c2c2c1OCCO2. The second-order valence-corrected chi connectivity index (χ2v) is 8.62. The van der Waals surface area contributed by atoms with Crippen LogP contribution in [0.5, 0.6) is 28.7 Å². The summed E-state index contributed by atoms with van der Waals surface area (Å²) in [6.07, 6.45) is 6.23. The Hall–Kier alpha value is -2.99. The molecule has 2 aliphatic rings. The first-order chi connectivity index (χ1) is 15.6. The lowest BCUT2D eigenvalue weighted by Gasteiger charge is -2.24. The maximum atomic E-state index is 12.3. The zero-order chi connectivity index (χ0) is 22.1. The molecule has 0 radical (unpaired) electrons. The van der Waals surface area contributed by atoms with Crippen LogP contribution in [0.3, 0.4) is 0 Å². The maximum absolute atomic E-state index is 12.3. The van der Waals surface area contributed by atoms with Crippen LogP contribution >= 0.6 is 11.6 Å². The number of aromatic nitrogens is 1. The van der Waals surface area contributed by atoms with Crippen molar-refractivity contribution in [3.63, 3.8) is 0 Å². The van der Waals surface area contributed by atoms with Gasteiger partial charge in [0.15, 0.2) is 11.5 Å². The van der Waals surface area contributed by atoms with E-state index >= 15 is 0 Å². The van der Waals surface area contributed by atoms with Crippen LogP contribution in [-0.2, 0) is 11.2 Å². The molecule has 1 aliphatic carbocycles. The third-order valence-electron chi connectivity index (χ3n) is 6.04. The summed E-state index contributed by atoms with van der Waals surface area (Å²) in [5, 5.41) is 1.23. The lowest BCUT2D eigenvalue weighted by molar-refractivity contribution is -0.119. The monoisotopic (exact) mass is 453 g/mol. The summed E-state index contributed by atoms with van der Waals surface area (Å²) < 4.78 is 23.3. The van der Waals surface area contributed by atoms with E-state index in [1.807, 2.05) is 12.1 Å². The number of halogens is 1. The number of ether oxygens (including phenoxy) is 4. The van der Waals surface area contributed by atoms with Gasteiger partial charge in [0.25, 0.3) is 0 Å². The maximum Gasteiger partial charge on any atom is 0.204 e. The molecule has 166 valence electrons. The highest BCUT2D eigenvalue weighted by atomic mass is 35.5. The average Bonchev–Trinajstić information content (AvgIpc) is 2.77. The number of ketones is 1. The van der Waals surface area contributed by atoms with E-state index in [-0.39, 0.29) is 5.78 Å². The molecule has 2 heterocycles. The molecule has 0 N–H and O–H groups in total. The lowest BCUT2D eigenvalue weighted by Crippen LogP contribution is -2.17. The van der Waals surface area contributed by atoms with Crippen LogP contribution in [0, 0.1) is 5.92 Å². The molecule has 7 heteroatoms. The third-order valence-corrected chi connectivity index (χ3v) is 6.40. The quantitative estimate of drug-likeness (QED) is 0.453. The number of carbonyl (C=O) groups excluding carboxylic acids is 1. The summed E-state index contributed by atoms with van der Waals surface area (Å²) in [6.45, 7) is 0.876. The molecule has 1 aliphatic heterocycles. The van der Waals surface area contributed by atoms with Crippen LogP contribution in [-0.4, -0.2) is 31.1 Å². The highest BCUT2D eigenvalue weighted by Crippen LogP contribution is 2.48. The zero-order valence-electron chi connectivity index (χ0n) is 17.9. The number of nitrogens with zero attached hydrogens (tertiary/aromatic N) is 1. The molecule has 1 fully saturated rings. The summed E-state index contributed by atoms with van der Waals surface area (Å²) in [6, 6.07) is 9.01. The van der Waals surface area contributed by atoms with E-state index in [0.717, 1.165) is 18.4 Å². The Morgan fingerprint density at radius 2 is 1.94 bits per heavy atom. The van der Waals surface area contributed by atoms with Crippen molar-refractivity contribution in [2.45, 2.75) is 32.1 Å². The Morgan fingerprint density at radius 3 is 2.66 bits per heavy atom. The standard InChI is InChI=1S/C25H24ClNO5/c1-29-22-14-20-23(25-24(22)30-9-10-31-25)21(7-8-27-20)32-18-6-5-16(19(26)13-18)12-17(28)11-15-3-2-4-15/h5-8,13-15H,2-4,9-12H2,1H3. The van der Waals surface area contributed by atoms with Gasteiger partial charge in [-0.05, 0) is 29.7 Å². The van der Waals surface area contributed by atoms with Crippen LogP contribution in [0.25, 0.3) is 10.9 Å². The van der Waals surface area contributed by atoms with Gasteiger partial charge in [-0.25, -0.2) is 0 Å². The van der Waals surface area contributed by atoms with Gasteiger partial charge >= 0.3 is 0 Å².